The van der Waals surface area contributed by atoms with Gasteiger partial charge in [0.2, 0.25) is 0 Å². The lowest BCUT2D eigenvalue weighted by molar-refractivity contribution is -0.147. The Hall–Kier alpha value is -4.53. The van der Waals surface area contributed by atoms with E-state index in [1.807, 2.05) is 0 Å². The van der Waals surface area contributed by atoms with Crippen LogP contribution in [0.3, 0.4) is 0 Å². The summed E-state index contributed by atoms with van der Waals surface area (Å²) in [5.41, 5.74) is 1.53. The maximum atomic E-state index is 12.4. The number of carbonyl (C=O) groups is 3. The van der Waals surface area contributed by atoms with Crippen molar-refractivity contribution >= 4 is 29.2 Å². The summed E-state index contributed by atoms with van der Waals surface area (Å²) in [7, 11) is 3.16. The van der Waals surface area contributed by atoms with Crippen LogP contribution in [-0.2, 0) is 14.3 Å². The first-order valence-corrected chi connectivity index (χ1v) is 11.2. The van der Waals surface area contributed by atoms with Crippen LogP contribution in [0.5, 0.6) is 17.2 Å². The van der Waals surface area contributed by atoms with Gasteiger partial charge in [-0.05, 0) is 79.2 Å². The van der Waals surface area contributed by atoms with Gasteiger partial charge in [0, 0.05) is 23.4 Å². The van der Waals surface area contributed by atoms with Gasteiger partial charge in [-0.3, -0.25) is 14.4 Å². The van der Waals surface area contributed by atoms with Gasteiger partial charge in [0.25, 0.3) is 11.8 Å². The van der Waals surface area contributed by atoms with Gasteiger partial charge in [0.15, 0.2) is 6.61 Å². The molecule has 0 saturated heterocycles. The van der Waals surface area contributed by atoms with Crippen molar-refractivity contribution in [3.8, 4) is 17.2 Å². The van der Waals surface area contributed by atoms with Crippen molar-refractivity contribution in [2.75, 3.05) is 38.1 Å². The van der Waals surface area contributed by atoms with E-state index in [1.54, 1.807) is 87.0 Å². The lowest BCUT2D eigenvalue weighted by atomic mass is 10.2. The molecule has 0 aliphatic carbocycles. The summed E-state index contributed by atoms with van der Waals surface area (Å²) in [6, 6.07) is 20.5. The maximum Gasteiger partial charge on any atom is 0.306 e. The molecule has 0 heterocycles. The van der Waals surface area contributed by atoms with Crippen LogP contribution < -0.4 is 24.8 Å². The maximum absolute atomic E-state index is 12.4. The number of methoxy groups -OCH3 is 2. The molecular formula is C27H28N2O7. The van der Waals surface area contributed by atoms with Gasteiger partial charge in [0.1, 0.15) is 17.2 Å². The van der Waals surface area contributed by atoms with Crippen LogP contribution in [0.2, 0.25) is 0 Å². The molecule has 0 aliphatic heterocycles. The van der Waals surface area contributed by atoms with Gasteiger partial charge in [-0.2, -0.15) is 0 Å². The molecule has 0 spiro atoms. The van der Waals surface area contributed by atoms with Crippen LogP contribution in [0, 0.1) is 0 Å². The minimum absolute atomic E-state index is 0.126. The normalized spacial score (nSPS) is 10.2. The monoisotopic (exact) mass is 492 g/mol. The number of hydrogen-bond donors (Lipinski definition) is 2. The number of carbonyl (C=O) groups excluding carboxylic acids is 3. The van der Waals surface area contributed by atoms with Crippen molar-refractivity contribution in [1.29, 1.82) is 0 Å². The van der Waals surface area contributed by atoms with Crippen molar-refractivity contribution in [3.05, 3.63) is 78.4 Å². The average molecular weight is 493 g/mol. The van der Waals surface area contributed by atoms with E-state index in [1.165, 1.54) is 0 Å². The molecule has 0 aliphatic rings. The van der Waals surface area contributed by atoms with Crippen molar-refractivity contribution in [2.24, 2.45) is 0 Å². The molecule has 9 heteroatoms. The smallest absolute Gasteiger partial charge is 0.306 e. The first-order valence-electron chi connectivity index (χ1n) is 11.2. The van der Waals surface area contributed by atoms with Gasteiger partial charge >= 0.3 is 5.97 Å². The van der Waals surface area contributed by atoms with Gasteiger partial charge in [-0.1, -0.05) is 0 Å². The molecular weight excluding hydrogens is 464 g/mol. The van der Waals surface area contributed by atoms with Crippen LogP contribution in [0.15, 0.2) is 72.8 Å². The molecule has 0 fully saturated rings. The van der Waals surface area contributed by atoms with Crippen molar-refractivity contribution in [2.45, 2.75) is 12.8 Å². The zero-order valence-corrected chi connectivity index (χ0v) is 20.1. The van der Waals surface area contributed by atoms with Crippen LogP contribution in [-0.4, -0.2) is 45.2 Å². The second-order valence-corrected chi connectivity index (χ2v) is 7.60. The van der Waals surface area contributed by atoms with Gasteiger partial charge in [-0.25, -0.2) is 0 Å². The summed E-state index contributed by atoms with van der Waals surface area (Å²) >= 11 is 0. The molecule has 2 N–H and O–H groups in total. The molecule has 36 heavy (non-hydrogen) atoms. The second kappa shape index (κ2) is 13.4. The molecule has 0 bridgehead atoms. The number of hydrogen-bond acceptors (Lipinski definition) is 7. The van der Waals surface area contributed by atoms with Crippen molar-refractivity contribution in [3.63, 3.8) is 0 Å². The Labute approximate surface area is 209 Å². The van der Waals surface area contributed by atoms with E-state index in [0.717, 1.165) is 5.75 Å². The Balaban J connectivity index is 1.34. The van der Waals surface area contributed by atoms with E-state index in [9.17, 15) is 14.4 Å². The third-order valence-corrected chi connectivity index (χ3v) is 5.00. The fraction of sp³-hybridized carbons (Fsp3) is 0.222. The van der Waals surface area contributed by atoms with Gasteiger partial charge in [-0.15, -0.1) is 0 Å². The van der Waals surface area contributed by atoms with E-state index in [0.29, 0.717) is 41.5 Å². The highest BCUT2D eigenvalue weighted by Crippen LogP contribution is 2.18. The summed E-state index contributed by atoms with van der Waals surface area (Å²) in [4.78, 5) is 36.4. The number of nitrogens with one attached hydrogen (secondary N) is 2. The molecule has 3 rings (SSSR count). The summed E-state index contributed by atoms with van der Waals surface area (Å²) < 4.78 is 20.7. The molecule has 9 nitrogen and oxygen atoms in total. The van der Waals surface area contributed by atoms with Gasteiger partial charge < -0.3 is 29.6 Å². The first-order chi connectivity index (χ1) is 17.5. The predicted octanol–water partition coefficient (Wildman–Crippen LogP) is 4.30. The summed E-state index contributed by atoms with van der Waals surface area (Å²) in [6.07, 6.45) is 0.577. The number of anilines is 2. The zero-order chi connectivity index (χ0) is 25.8. The van der Waals surface area contributed by atoms with E-state index in [4.69, 9.17) is 18.9 Å². The highest BCUT2D eigenvalue weighted by Gasteiger charge is 2.10. The largest absolute Gasteiger partial charge is 0.497 e. The highest BCUT2D eigenvalue weighted by atomic mass is 16.5. The summed E-state index contributed by atoms with van der Waals surface area (Å²) in [5.74, 6) is 0.839. The number of rotatable bonds is 12. The standard InChI is InChI=1S/C27H28N2O7/c1-33-22-11-9-21(10-12-22)29-27(32)19-5-7-20(8-6-19)28-25(30)18-36-26(31)4-3-17-35-24-15-13-23(34-2)14-16-24/h5-16H,3-4,17-18H2,1-2H3,(H,28,30)(H,29,32). The molecule has 3 aromatic carbocycles. The van der Waals surface area contributed by atoms with Gasteiger partial charge in [0.05, 0.1) is 20.8 Å². The highest BCUT2D eigenvalue weighted by molar-refractivity contribution is 6.04. The first kappa shape index (κ1) is 26.1. The number of esters is 1. The van der Waals surface area contributed by atoms with Crippen LogP contribution >= 0.6 is 0 Å². The van der Waals surface area contributed by atoms with Crippen LogP contribution in [0.4, 0.5) is 11.4 Å². The third-order valence-electron chi connectivity index (χ3n) is 5.00. The molecule has 2 amide bonds. The fourth-order valence-corrected chi connectivity index (χ4v) is 3.08. The second-order valence-electron chi connectivity index (χ2n) is 7.60. The summed E-state index contributed by atoms with van der Waals surface area (Å²) in [6.45, 7) is -0.0656. The van der Waals surface area contributed by atoms with Crippen molar-refractivity contribution < 1.29 is 33.3 Å². The lowest BCUT2D eigenvalue weighted by Crippen LogP contribution is -2.21. The van der Waals surface area contributed by atoms with E-state index < -0.39 is 18.5 Å². The summed E-state index contributed by atoms with van der Waals surface area (Å²) in [5, 5.41) is 5.41. The van der Waals surface area contributed by atoms with Crippen LogP contribution in [0.25, 0.3) is 0 Å². The Morgan fingerprint density at radius 2 is 1.22 bits per heavy atom. The molecule has 188 valence electrons. The van der Waals surface area contributed by atoms with Crippen molar-refractivity contribution in [1.82, 2.24) is 0 Å². The predicted molar refractivity (Wildman–Crippen MR) is 135 cm³/mol. The number of amides is 2. The number of ether oxygens (including phenoxy) is 4. The zero-order valence-electron chi connectivity index (χ0n) is 20.1. The molecule has 0 unspecified atom stereocenters. The Kier molecular flexibility index (Phi) is 9.69. The average Bonchev–Trinajstić information content (AvgIpc) is 2.91. The fourth-order valence-electron chi connectivity index (χ4n) is 3.08. The number of benzene rings is 3. The molecule has 0 atom stereocenters. The quantitative estimate of drug-likeness (QED) is 0.286. The molecule has 0 radical (unpaired) electrons. The molecule has 0 saturated carbocycles. The van der Waals surface area contributed by atoms with E-state index >= 15 is 0 Å². The lowest BCUT2D eigenvalue weighted by Gasteiger charge is -2.09. The Morgan fingerprint density at radius 3 is 1.83 bits per heavy atom. The van der Waals surface area contributed by atoms with E-state index in [2.05, 4.69) is 10.6 Å². The topological polar surface area (TPSA) is 112 Å². The molecule has 3 aromatic rings. The minimum Gasteiger partial charge on any atom is -0.497 e. The Morgan fingerprint density at radius 1 is 0.694 bits per heavy atom. The molecule has 0 aromatic heterocycles. The Bertz CT molecular complexity index is 1140. The SMILES string of the molecule is COc1ccc(NC(=O)c2ccc(NC(=O)COC(=O)CCCOc3ccc(OC)cc3)cc2)cc1. The van der Waals surface area contributed by atoms with Crippen LogP contribution in [0.1, 0.15) is 23.2 Å². The van der Waals surface area contributed by atoms with E-state index in [-0.39, 0.29) is 12.3 Å². The minimum atomic E-state index is -0.492. The third kappa shape index (κ3) is 8.35.